The van der Waals surface area contributed by atoms with Gasteiger partial charge in [0.25, 0.3) is 0 Å². The zero-order valence-corrected chi connectivity index (χ0v) is 20.5. The maximum atomic E-state index is 13.2. The summed E-state index contributed by atoms with van der Waals surface area (Å²) in [6, 6.07) is 9.16. The molecule has 3 N–H and O–H groups in total. The summed E-state index contributed by atoms with van der Waals surface area (Å²) < 4.78 is 55.4. The van der Waals surface area contributed by atoms with E-state index in [9.17, 15) is 32.3 Å². The van der Waals surface area contributed by atoms with Crippen molar-refractivity contribution in [3.63, 3.8) is 0 Å². The Bertz CT molecular complexity index is 1290. The molecule has 0 bridgehead atoms. The van der Waals surface area contributed by atoms with Gasteiger partial charge in [0.05, 0.1) is 22.0 Å². The molecule has 2 saturated heterocycles. The molecule has 10 nitrogen and oxygen atoms in total. The van der Waals surface area contributed by atoms with Crippen molar-refractivity contribution in [2.24, 2.45) is 5.16 Å². The SMILES string of the molecule is O=S(=O)(c1ccc2c(c1)C(=NO)c1cc(S(=O)(=O)N3CCC(O)CC3)ccc1-2)N1CCC(O)CC1. The molecule has 0 amide bonds. The molecule has 12 heteroatoms. The van der Waals surface area contributed by atoms with E-state index in [1.165, 1.54) is 32.9 Å². The van der Waals surface area contributed by atoms with Crippen molar-refractivity contribution in [3.8, 4) is 11.1 Å². The van der Waals surface area contributed by atoms with Gasteiger partial charge in [0, 0.05) is 37.3 Å². The zero-order chi connectivity index (χ0) is 25.0. The highest BCUT2D eigenvalue weighted by Gasteiger charge is 2.34. The van der Waals surface area contributed by atoms with Crippen LogP contribution in [0.4, 0.5) is 0 Å². The van der Waals surface area contributed by atoms with E-state index in [-0.39, 0.29) is 41.7 Å². The van der Waals surface area contributed by atoms with Gasteiger partial charge in [0.15, 0.2) is 0 Å². The van der Waals surface area contributed by atoms with Gasteiger partial charge >= 0.3 is 0 Å². The molecule has 0 spiro atoms. The summed E-state index contributed by atoms with van der Waals surface area (Å²) in [7, 11) is -7.63. The lowest BCUT2D eigenvalue weighted by atomic mass is 10.1. The van der Waals surface area contributed by atoms with Gasteiger partial charge in [-0.3, -0.25) is 0 Å². The molecule has 3 aliphatic rings. The number of aliphatic hydroxyl groups excluding tert-OH is 2. The first-order valence-corrected chi connectivity index (χ1v) is 14.4. The molecule has 2 aliphatic heterocycles. The van der Waals surface area contributed by atoms with Gasteiger partial charge < -0.3 is 15.4 Å². The summed E-state index contributed by atoms with van der Waals surface area (Å²) in [6.45, 7) is 0.875. The Kier molecular flexibility index (Phi) is 6.22. The number of nitrogens with zero attached hydrogens (tertiary/aromatic N) is 3. The van der Waals surface area contributed by atoms with Crippen LogP contribution in [0.2, 0.25) is 0 Å². The second-order valence-electron chi connectivity index (χ2n) is 9.13. The highest BCUT2D eigenvalue weighted by Crippen LogP contribution is 2.40. The quantitative estimate of drug-likeness (QED) is 0.345. The average Bonchev–Trinajstić information content (AvgIpc) is 3.16. The predicted octanol–water partition coefficient (Wildman–Crippen LogP) is 1.18. The Labute approximate surface area is 204 Å². The van der Waals surface area contributed by atoms with E-state index < -0.39 is 32.3 Å². The summed E-state index contributed by atoms with van der Waals surface area (Å²) >= 11 is 0. The van der Waals surface area contributed by atoms with Crippen LogP contribution < -0.4 is 0 Å². The number of hydrogen-bond donors (Lipinski definition) is 3. The van der Waals surface area contributed by atoms with Crippen LogP contribution in [0.3, 0.4) is 0 Å². The molecule has 188 valence electrons. The molecule has 35 heavy (non-hydrogen) atoms. The van der Waals surface area contributed by atoms with E-state index in [2.05, 4.69) is 5.16 Å². The molecule has 2 heterocycles. The third-order valence-corrected chi connectivity index (χ3v) is 10.8. The van der Waals surface area contributed by atoms with E-state index in [0.717, 1.165) is 0 Å². The van der Waals surface area contributed by atoms with Crippen LogP contribution in [0.1, 0.15) is 36.8 Å². The Morgan fingerprint density at radius 1 is 0.657 bits per heavy atom. The highest BCUT2D eigenvalue weighted by molar-refractivity contribution is 7.89. The van der Waals surface area contributed by atoms with Gasteiger partial charge in [-0.05, 0) is 61.1 Å². The fraction of sp³-hybridized carbons (Fsp3) is 0.435. The second kappa shape index (κ2) is 8.95. The number of sulfonamides is 2. The number of benzene rings is 2. The van der Waals surface area contributed by atoms with E-state index in [4.69, 9.17) is 0 Å². The first-order chi connectivity index (χ1) is 16.6. The normalized spacial score (nSPS) is 20.6. The first-order valence-electron chi connectivity index (χ1n) is 11.5. The fourth-order valence-electron chi connectivity index (χ4n) is 4.95. The smallest absolute Gasteiger partial charge is 0.243 e. The number of piperidine rings is 2. The van der Waals surface area contributed by atoms with Gasteiger partial charge in [-0.2, -0.15) is 8.61 Å². The average molecular weight is 522 g/mol. The minimum Gasteiger partial charge on any atom is -0.410 e. The van der Waals surface area contributed by atoms with Crippen molar-refractivity contribution in [3.05, 3.63) is 47.5 Å². The van der Waals surface area contributed by atoms with Crippen molar-refractivity contribution < 1.29 is 32.3 Å². The topological polar surface area (TPSA) is 148 Å². The number of aliphatic hydroxyl groups is 2. The van der Waals surface area contributed by atoms with E-state index in [1.54, 1.807) is 12.1 Å². The van der Waals surface area contributed by atoms with Gasteiger partial charge in [-0.15, -0.1) is 0 Å². The second-order valence-corrected chi connectivity index (χ2v) is 13.0. The Balaban J connectivity index is 1.49. The molecule has 2 aromatic rings. The fourth-order valence-corrected chi connectivity index (χ4v) is 7.94. The van der Waals surface area contributed by atoms with Gasteiger partial charge in [-0.25, -0.2) is 16.8 Å². The molecule has 2 aromatic carbocycles. The summed E-state index contributed by atoms with van der Waals surface area (Å²) in [6.07, 6.45) is 0.450. The molecular weight excluding hydrogens is 494 g/mol. The van der Waals surface area contributed by atoms with Gasteiger partial charge in [0.1, 0.15) is 5.71 Å². The molecule has 0 atom stereocenters. The molecule has 5 rings (SSSR count). The van der Waals surface area contributed by atoms with Crippen molar-refractivity contribution in [1.82, 2.24) is 8.61 Å². The largest absolute Gasteiger partial charge is 0.410 e. The van der Waals surface area contributed by atoms with Crippen molar-refractivity contribution >= 4 is 25.8 Å². The van der Waals surface area contributed by atoms with Gasteiger partial charge in [-0.1, -0.05) is 17.3 Å². The standard InChI is InChI=1S/C23H27N3O7S2/c27-15-5-9-25(10-6-15)34(30,31)17-1-3-19-20-4-2-18(14-22(20)23(24-29)21(19)13-17)35(32,33)26-11-7-16(28)8-12-26/h1-4,13-16,27-29H,5-12H2. The Morgan fingerprint density at radius 3 is 1.37 bits per heavy atom. The minimum atomic E-state index is -3.81. The maximum absolute atomic E-state index is 13.2. The monoisotopic (exact) mass is 521 g/mol. The molecule has 2 fully saturated rings. The number of oxime groups is 1. The van der Waals surface area contributed by atoms with Crippen LogP contribution in [0.25, 0.3) is 11.1 Å². The highest BCUT2D eigenvalue weighted by atomic mass is 32.2. The number of fused-ring (bicyclic) bond motifs is 3. The predicted molar refractivity (Wildman–Crippen MR) is 127 cm³/mol. The van der Waals surface area contributed by atoms with Crippen molar-refractivity contribution in [1.29, 1.82) is 0 Å². The van der Waals surface area contributed by atoms with Crippen LogP contribution in [0.15, 0.2) is 51.3 Å². The number of rotatable bonds is 4. The molecule has 0 unspecified atom stereocenters. The maximum Gasteiger partial charge on any atom is 0.243 e. The van der Waals surface area contributed by atoms with Crippen LogP contribution in [0, 0.1) is 0 Å². The van der Waals surface area contributed by atoms with Crippen LogP contribution in [-0.2, 0) is 20.0 Å². The van der Waals surface area contributed by atoms with Crippen LogP contribution in [-0.4, -0.2) is 85.0 Å². The lowest BCUT2D eigenvalue weighted by molar-refractivity contribution is 0.112. The summed E-state index contributed by atoms with van der Waals surface area (Å²) in [5.74, 6) is 0. The molecule has 0 saturated carbocycles. The lowest BCUT2D eigenvalue weighted by Crippen LogP contribution is -2.40. The third kappa shape index (κ3) is 4.17. The van der Waals surface area contributed by atoms with Crippen molar-refractivity contribution in [2.75, 3.05) is 26.2 Å². The van der Waals surface area contributed by atoms with Crippen LogP contribution >= 0.6 is 0 Å². The molecule has 1 aliphatic carbocycles. The van der Waals surface area contributed by atoms with Gasteiger partial charge in [0.2, 0.25) is 20.0 Å². The number of hydrogen-bond acceptors (Lipinski definition) is 8. The summed E-state index contributed by atoms with van der Waals surface area (Å²) in [5, 5.41) is 32.6. The van der Waals surface area contributed by atoms with E-state index in [1.807, 2.05) is 0 Å². The summed E-state index contributed by atoms with van der Waals surface area (Å²) in [4.78, 5) is 0.0858. The summed E-state index contributed by atoms with van der Waals surface area (Å²) in [5.41, 5.74) is 2.19. The molecule has 0 radical (unpaired) electrons. The lowest BCUT2D eigenvalue weighted by Gasteiger charge is -2.28. The van der Waals surface area contributed by atoms with E-state index >= 15 is 0 Å². The minimum absolute atomic E-state index is 0.0429. The molecule has 0 aromatic heterocycles. The van der Waals surface area contributed by atoms with Crippen LogP contribution in [0.5, 0.6) is 0 Å². The third-order valence-electron chi connectivity index (χ3n) is 7.00. The zero-order valence-electron chi connectivity index (χ0n) is 18.9. The van der Waals surface area contributed by atoms with E-state index in [0.29, 0.717) is 47.9 Å². The Hall–Kier alpha value is -2.35. The van der Waals surface area contributed by atoms with Crippen molar-refractivity contribution in [2.45, 2.75) is 47.7 Å². The Morgan fingerprint density at radius 2 is 1.03 bits per heavy atom. The molecular formula is C23H27N3O7S2. The first kappa shape index (κ1) is 24.3.